The molecule has 8 heteroatoms. The molecule has 2 aromatic rings. The van der Waals surface area contributed by atoms with E-state index in [1.807, 2.05) is 42.5 Å². The molecule has 0 radical (unpaired) electrons. The molecule has 4 rings (SSSR count). The zero-order chi connectivity index (χ0) is 22.5. The van der Waals surface area contributed by atoms with E-state index in [0.29, 0.717) is 22.0 Å². The summed E-state index contributed by atoms with van der Waals surface area (Å²) in [5, 5.41) is 10.0. The van der Waals surface area contributed by atoms with Gasteiger partial charge in [-0.2, -0.15) is 10.3 Å². The fraction of sp³-hybridized carbons (Fsp3) is 0.292. The van der Waals surface area contributed by atoms with Crippen LogP contribution in [-0.4, -0.2) is 61.2 Å². The first-order chi connectivity index (χ1) is 15.6. The van der Waals surface area contributed by atoms with Crippen LogP contribution in [0.25, 0.3) is 6.08 Å². The highest BCUT2D eigenvalue weighted by Gasteiger charge is 2.27. The lowest BCUT2D eigenvalue weighted by molar-refractivity contribution is -0.113. The fourth-order valence-corrected chi connectivity index (χ4v) is 4.45. The number of thioether (sulfide) groups is 1. The van der Waals surface area contributed by atoms with Gasteiger partial charge in [-0.1, -0.05) is 24.3 Å². The number of hydrogen-bond acceptors (Lipinski definition) is 7. The van der Waals surface area contributed by atoms with E-state index in [0.717, 1.165) is 42.5 Å². The molecule has 0 aromatic heterocycles. The van der Waals surface area contributed by atoms with Crippen molar-refractivity contribution in [1.82, 2.24) is 9.80 Å². The van der Waals surface area contributed by atoms with E-state index in [2.05, 4.69) is 27.9 Å². The second kappa shape index (κ2) is 9.90. The predicted molar refractivity (Wildman–Crippen MR) is 126 cm³/mol. The average molecular weight is 449 g/mol. The third-order valence-corrected chi connectivity index (χ3v) is 6.43. The number of benzene rings is 2. The van der Waals surface area contributed by atoms with E-state index in [4.69, 9.17) is 9.47 Å². The first kappa shape index (κ1) is 21.9. The second-order valence-electron chi connectivity index (χ2n) is 7.57. The van der Waals surface area contributed by atoms with Crippen molar-refractivity contribution in [2.24, 2.45) is 4.99 Å². The van der Waals surface area contributed by atoms with Crippen molar-refractivity contribution in [2.45, 2.75) is 6.61 Å². The number of carbonyl (C=O) groups is 1. The number of amidine groups is 1. The lowest BCUT2D eigenvalue weighted by atomic mass is 10.1. The summed E-state index contributed by atoms with van der Waals surface area (Å²) >= 11 is 1.42. The summed E-state index contributed by atoms with van der Waals surface area (Å²) in [6.07, 6.45) is 1.83. The van der Waals surface area contributed by atoms with Gasteiger partial charge in [0, 0.05) is 31.7 Å². The van der Waals surface area contributed by atoms with E-state index < -0.39 is 0 Å². The number of aliphatic imine (C=N–C) groups is 1. The molecular formula is C24H24N4O3S. The minimum Gasteiger partial charge on any atom is -0.493 e. The summed E-state index contributed by atoms with van der Waals surface area (Å²) in [7, 11) is 3.67. The number of amides is 1. The van der Waals surface area contributed by atoms with Gasteiger partial charge < -0.3 is 19.3 Å². The van der Waals surface area contributed by atoms with Crippen molar-refractivity contribution in [3.8, 4) is 17.6 Å². The molecule has 2 aromatic carbocycles. The van der Waals surface area contributed by atoms with Gasteiger partial charge in [-0.05, 0) is 48.6 Å². The van der Waals surface area contributed by atoms with Gasteiger partial charge in [0.15, 0.2) is 16.7 Å². The maximum Gasteiger partial charge on any atom is 0.286 e. The van der Waals surface area contributed by atoms with Crippen molar-refractivity contribution < 1.29 is 14.3 Å². The normalized spacial score (nSPS) is 17.9. The molecule has 164 valence electrons. The molecule has 2 aliphatic rings. The minimum absolute atomic E-state index is 0.212. The molecule has 7 nitrogen and oxygen atoms in total. The van der Waals surface area contributed by atoms with E-state index in [-0.39, 0.29) is 12.5 Å². The average Bonchev–Trinajstić information content (AvgIpc) is 3.18. The summed E-state index contributed by atoms with van der Waals surface area (Å²) in [6, 6.07) is 15.0. The Morgan fingerprint density at radius 2 is 1.94 bits per heavy atom. The third-order valence-electron chi connectivity index (χ3n) is 5.39. The molecule has 2 aliphatic heterocycles. The van der Waals surface area contributed by atoms with Crippen LogP contribution in [0.5, 0.6) is 11.5 Å². The number of piperazine rings is 1. The van der Waals surface area contributed by atoms with Gasteiger partial charge in [-0.25, -0.2) is 0 Å². The van der Waals surface area contributed by atoms with Gasteiger partial charge in [0.05, 0.1) is 23.6 Å². The van der Waals surface area contributed by atoms with Gasteiger partial charge in [0.2, 0.25) is 0 Å². The van der Waals surface area contributed by atoms with E-state index in [1.165, 1.54) is 11.8 Å². The molecule has 1 saturated heterocycles. The molecule has 1 fully saturated rings. The van der Waals surface area contributed by atoms with Crippen LogP contribution in [-0.2, 0) is 11.4 Å². The van der Waals surface area contributed by atoms with Gasteiger partial charge in [-0.3, -0.25) is 4.79 Å². The van der Waals surface area contributed by atoms with Crippen LogP contribution >= 0.6 is 11.8 Å². The van der Waals surface area contributed by atoms with Crippen molar-refractivity contribution >= 4 is 28.9 Å². The largest absolute Gasteiger partial charge is 0.493 e. The zero-order valence-corrected chi connectivity index (χ0v) is 18.9. The lowest BCUT2D eigenvalue weighted by Gasteiger charge is -2.32. The zero-order valence-electron chi connectivity index (χ0n) is 18.1. The number of hydrogen-bond donors (Lipinski definition) is 0. The first-order valence-electron chi connectivity index (χ1n) is 10.3. The summed E-state index contributed by atoms with van der Waals surface area (Å²) in [4.78, 5) is 21.7. The van der Waals surface area contributed by atoms with Crippen molar-refractivity contribution in [2.75, 3.05) is 40.3 Å². The van der Waals surface area contributed by atoms with Gasteiger partial charge >= 0.3 is 0 Å². The number of carbonyl (C=O) groups excluding carboxylic acids is 1. The van der Waals surface area contributed by atoms with Crippen molar-refractivity contribution in [1.29, 1.82) is 5.26 Å². The van der Waals surface area contributed by atoms with Crippen LogP contribution in [0.1, 0.15) is 16.7 Å². The molecule has 2 heterocycles. The van der Waals surface area contributed by atoms with Gasteiger partial charge in [0.1, 0.15) is 6.61 Å². The Hall–Kier alpha value is -3.28. The third kappa shape index (κ3) is 4.96. The van der Waals surface area contributed by atoms with E-state index in [9.17, 15) is 10.1 Å². The molecule has 0 bridgehead atoms. The Balaban J connectivity index is 1.45. The SMILES string of the molecule is COc1cc(/C=C2/SC(N3CCN(C)CC3)=NC2=O)ccc1OCc1ccccc1C#N. The molecule has 0 spiro atoms. The quantitative estimate of drug-likeness (QED) is 0.649. The Morgan fingerprint density at radius 1 is 1.16 bits per heavy atom. The fourth-order valence-electron chi connectivity index (χ4n) is 3.49. The highest BCUT2D eigenvalue weighted by atomic mass is 32.2. The number of nitriles is 1. The molecule has 0 N–H and O–H groups in total. The predicted octanol–water partition coefficient (Wildman–Crippen LogP) is 3.36. The number of ether oxygens (including phenoxy) is 2. The first-order valence-corrected chi connectivity index (χ1v) is 11.1. The maximum absolute atomic E-state index is 12.4. The van der Waals surface area contributed by atoms with Crippen LogP contribution in [0, 0.1) is 11.3 Å². The van der Waals surface area contributed by atoms with Crippen LogP contribution in [0.2, 0.25) is 0 Å². The molecular weight excluding hydrogens is 424 g/mol. The van der Waals surface area contributed by atoms with Gasteiger partial charge in [0.25, 0.3) is 5.91 Å². The Morgan fingerprint density at radius 3 is 2.69 bits per heavy atom. The molecule has 1 amide bonds. The minimum atomic E-state index is -0.212. The summed E-state index contributed by atoms with van der Waals surface area (Å²) in [5.41, 5.74) is 2.22. The number of nitrogens with zero attached hydrogens (tertiary/aromatic N) is 4. The number of rotatable bonds is 5. The Kier molecular flexibility index (Phi) is 6.78. The summed E-state index contributed by atoms with van der Waals surface area (Å²) < 4.78 is 11.4. The molecule has 32 heavy (non-hydrogen) atoms. The van der Waals surface area contributed by atoms with Crippen LogP contribution in [0.15, 0.2) is 52.4 Å². The molecule has 0 atom stereocenters. The van der Waals surface area contributed by atoms with Crippen LogP contribution in [0.3, 0.4) is 0 Å². The van der Waals surface area contributed by atoms with E-state index >= 15 is 0 Å². The van der Waals surface area contributed by atoms with Gasteiger partial charge in [-0.15, -0.1) is 0 Å². The highest BCUT2D eigenvalue weighted by Crippen LogP contribution is 2.34. The van der Waals surface area contributed by atoms with Crippen LogP contribution in [0.4, 0.5) is 0 Å². The standard InChI is InChI=1S/C24H24N4O3S/c1-27-9-11-28(12-10-27)24-26-23(29)22(32-24)14-17-7-8-20(21(13-17)30-2)31-16-19-6-4-3-5-18(19)15-25/h3-8,13-14H,9-12,16H2,1-2H3/b22-14+. The number of methoxy groups -OCH3 is 1. The summed E-state index contributed by atoms with van der Waals surface area (Å²) in [6.45, 7) is 3.93. The van der Waals surface area contributed by atoms with Crippen LogP contribution < -0.4 is 9.47 Å². The second-order valence-corrected chi connectivity index (χ2v) is 8.58. The molecule has 0 aliphatic carbocycles. The van der Waals surface area contributed by atoms with Crippen molar-refractivity contribution in [3.05, 3.63) is 64.1 Å². The lowest BCUT2D eigenvalue weighted by Crippen LogP contribution is -2.46. The Bertz CT molecular complexity index is 1110. The highest BCUT2D eigenvalue weighted by molar-refractivity contribution is 8.18. The monoisotopic (exact) mass is 448 g/mol. The van der Waals surface area contributed by atoms with Crippen molar-refractivity contribution in [3.63, 3.8) is 0 Å². The molecule has 0 saturated carbocycles. The smallest absolute Gasteiger partial charge is 0.286 e. The van der Waals surface area contributed by atoms with E-state index in [1.54, 1.807) is 13.2 Å². The topological polar surface area (TPSA) is 78.2 Å². The number of likely N-dealkylation sites (N-methyl/N-ethyl adjacent to an activating group) is 1. The maximum atomic E-state index is 12.4. The molecule has 0 unspecified atom stereocenters. The Labute approximate surface area is 191 Å². The summed E-state index contributed by atoms with van der Waals surface area (Å²) in [5.74, 6) is 0.919.